The van der Waals surface area contributed by atoms with Gasteiger partial charge in [0.1, 0.15) is 18.5 Å². The smallest absolute Gasteiger partial charge is 0.215 e. The molecule has 9 heteroatoms. The van der Waals surface area contributed by atoms with Crippen LogP contribution >= 0.6 is 23.2 Å². The Kier molecular flexibility index (Phi) is 7.62. The first kappa shape index (κ1) is 24.8. The first-order valence-corrected chi connectivity index (χ1v) is 12.8. The number of nitrogens with zero attached hydrogens (tertiary/aromatic N) is 4. The number of hydrogen-bond acceptors (Lipinski definition) is 5. The first-order chi connectivity index (χ1) is 17.5. The Bertz CT molecular complexity index is 1280. The molecule has 1 fully saturated rings. The molecule has 0 amide bonds. The highest BCUT2D eigenvalue weighted by molar-refractivity contribution is 6.35. The Morgan fingerprint density at radius 2 is 1.97 bits per heavy atom. The van der Waals surface area contributed by atoms with Gasteiger partial charge in [0, 0.05) is 41.3 Å². The van der Waals surface area contributed by atoms with E-state index in [0.717, 1.165) is 36.4 Å². The lowest BCUT2D eigenvalue weighted by Gasteiger charge is -2.30. The summed E-state index contributed by atoms with van der Waals surface area (Å²) >= 11 is 12.7. The summed E-state index contributed by atoms with van der Waals surface area (Å²) in [6.07, 6.45) is 11.3. The Labute approximate surface area is 220 Å². The number of benzene rings is 2. The molecule has 0 N–H and O–H groups in total. The van der Waals surface area contributed by atoms with Gasteiger partial charge in [0.05, 0.1) is 36.5 Å². The third-order valence-electron chi connectivity index (χ3n) is 6.14. The zero-order valence-corrected chi connectivity index (χ0v) is 21.5. The Morgan fingerprint density at radius 1 is 1.11 bits per heavy atom. The highest BCUT2D eigenvalue weighted by Gasteiger charge is 2.45. The van der Waals surface area contributed by atoms with Crippen molar-refractivity contribution < 1.29 is 14.2 Å². The Balaban J connectivity index is 1.24. The number of aryl methyl sites for hydroxylation is 1. The molecule has 1 aliphatic heterocycles. The zero-order chi connectivity index (χ0) is 25.0. The van der Waals surface area contributed by atoms with E-state index >= 15 is 0 Å². The molecule has 7 nitrogen and oxygen atoms in total. The summed E-state index contributed by atoms with van der Waals surface area (Å²) in [5.74, 6) is -0.318. The first-order valence-electron chi connectivity index (χ1n) is 12.0. The highest BCUT2D eigenvalue weighted by atomic mass is 35.5. The fraction of sp³-hybridized carbons (Fsp3) is 0.333. The molecule has 0 saturated carbocycles. The van der Waals surface area contributed by atoms with Gasteiger partial charge in [-0.1, -0.05) is 42.6 Å². The van der Waals surface area contributed by atoms with Crippen LogP contribution in [-0.4, -0.2) is 38.4 Å². The van der Waals surface area contributed by atoms with Gasteiger partial charge in [-0.15, -0.1) is 0 Å². The van der Waals surface area contributed by atoms with Crippen molar-refractivity contribution in [3.63, 3.8) is 0 Å². The summed E-state index contributed by atoms with van der Waals surface area (Å²) in [4.78, 5) is 8.66. The van der Waals surface area contributed by atoms with E-state index in [1.54, 1.807) is 24.7 Å². The maximum atomic E-state index is 6.54. The average Bonchev–Trinajstić information content (AvgIpc) is 3.64. The van der Waals surface area contributed by atoms with Crippen LogP contribution in [0.1, 0.15) is 25.3 Å². The predicted molar refractivity (Wildman–Crippen MR) is 139 cm³/mol. The van der Waals surface area contributed by atoms with Crippen LogP contribution in [0, 0.1) is 0 Å². The minimum absolute atomic E-state index is 0.283. The second-order valence-corrected chi connectivity index (χ2v) is 9.69. The van der Waals surface area contributed by atoms with Crippen LogP contribution in [-0.2, 0) is 28.4 Å². The predicted octanol–water partition coefficient (Wildman–Crippen LogP) is 6.20. The number of halogens is 2. The van der Waals surface area contributed by atoms with Crippen molar-refractivity contribution in [1.29, 1.82) is 0 Å². The lowest BCUT2D eigenvalue weighted by molar-refractivity contribution is -0.189. The molecule has 36 heavy (non-hydrogen) atoms. The zero-order valence-electron chi connectivity index (χ0n) is 20.0. The van der Waals surface area contributed by atoms with E-state index in [4.69, 9.17) is 37.4 Å². The average molecular weight is 527 g/mol. The van der Waals surface area contributed by atoms with E-state index in [0.29, 0.717) is 35.4 Å². The van der Waals surface area contributed by atoms with Crippen LogP contribution in [0.2, 0.25) is 10.0 Å². The molecule has 3 heterocycles. The van der Waals surface area contributed by atoms with E-state index in [-0.39, 0.29) is 6.10 Å². The SMILES string of the molecule is CCCCn1cnc(-c2ccc(OC[C@@H]3CO[C@@](Cn4ccnc4)(c4ccc(Cl)cc4Cl)O3)cc2)c1. The molecule has 4 aromatic rings. The van der Waals surface area contributed by atoms with Gasteiger partial charge in [-0.05, 0) is 42.8 Å². The van der Waals surface area contributed by atoms with E-state index in [9.17, 15) is 0 Å². The van der Waals surface area contributed by atoms with Crippen molar-refractivity contribution in [3.05, 3.63) is 89.3 Å². The fourth-order valence-corrected chi connectivity index (χ4v) is 4.81. The fourth-order valence-electron chi connectivity index (χ4n) is 4.26. The quantitative estimate of drug-likeness (QED) is 0.246. The number of aromatic nitrogens is 4. The van der Waals surface area contributed by atoms with Crippen LogP contribution in [0.4, 0.5) is 0 Å². The number of hydrogen-bond donors (Lipinski definition) is 0. The van der Waals surface area contributed by atoms with Gasteiger partial charge < -0.3 is 23.3 Å². The maximum absolute atomic E-state index is 6.54. The Hall–Kier alpha value is -2.84. The number of unbranched alkanes of at least 4 members (excludes halogenated alkanes) is 1. The second kappa shape index (κ2) is 11.0. The molecule has 2 atom stereocenters. The summed E-state index contributed by atoms with van der Waals surface area (Å²) in [5, 5.41) is 1.03. The van der Waals surface area contributed by atoms with Crippen LogP contribution < -0.4 is 4.74 Å². The van der Waals surface area contributed by atoms with Gasteiger partial charge in [0.25, 0.3) is 0 Å². The van der Waals surface area contributed by atoms with E-state index < -0.39 is 5.79 Å². The normalized spacial score (nSPS) is 19.6. The molecule has 188 valence electrons. The summed E-state index contributed by atoms with van der Waals surface area (Å²) in [6.45, 7) is 4.26. The maximum Gasteiger partial charge on any atom is 0.215 e. The lowest BCUT2D eigenvalue weighted by Crippen LogP contribution is -2.34. The molecule has 1 aliphatic rings. The number of rotatable bonds is 10. The second-order valence-electron chi connectivity index (χ2n) is 8.85. The minimum atomic E-state index is -1.07. The molecule has 0 bridgehead atoms. The van der Waals surface area contributed by atoms with E-state index in [1.165, 1.54) is 0 Å². The molecule has 2 aromatic heterocycles. The standard InChI is InChI=1S/C27H28Cl2N4O3/c1-2-3-11-32-14-26(31-19-32)20-4-7-22(8-5-20)34-15-23-16-35-27(36-23,17-33-12-10-30-18-33)24-9-6-21(28)13-25(24)29/h4-10,12-14,18-19,23H,2-3,11,15-17H2,1H3/t23-,27-/m1/s1. The molecule has 0 radical (unpaired) electrons. The van der Waals surface area contributed by atoms with Crippen molar-refractivity contribution in [2.24, 2.45) is 0 Å². The van der Waals surface area contributed by atoms with Crippen molar-refractivity contribution in [1.82, 2.24) is 19.1 Å². The number of ether oxygens (including phenoxy) is 3. The van der Waals surface area contributed by atoms with Gasteiger partial charge in [-0.2, -0.15) is 0 Å². The minimum Gasteiger partial charge on any atom is -0.491 e. The van der Waals surface area contributed by atoms with Crippen molar-refractivity contribution in [3.8, 4) is 17.0 Å². The summed E-state index contributed by atoms with van der Waals surface area (Å²) in [6, 6.07) is 13.3. The Morgan fingerprint density at radius 3 is 2.72 bits per heavy atom. The van der Waals surface area contributed by atoms with Gasteiger partial charge in [-0.25, -0.2) is 9.97 Å². The third kappa shape index (κ3) is 5.60. The van der Waals surface area contributed by atoms with Crippen LogP contribution in [0.25, 0.3) is 11.3 Å². The molecular formula is C27H28Cl2N4O3. The molecule has 0 unspecified atom stereocenters. The van der Waals surface area contributed by atoms with Crippen molar-refractivity contribution in [2.45, 2.75) is 44.7 Å². The molecule has 2 aromatic carbocycles. The van der Waals surface area contributed by atoms with E-state index in [1.807, 2.05) is 47.4 Å². The van der Waals surface area contributed by atoms with Crippen molar-refractivity contribution >= 4 is 23.2 Å². The molecule has 1 saturated heterocycles. The summed E-state index contributed by atoms with van der Waals surface area (Å²) in [7, 11) is 0. The summed E-state index contributed by atoms with van der Waals surface area (Å²) in [5.41, 5.74) is 2.72. The van der Waals surface area contributed by atoms with Gasteiger partial charge >= 0.3 is 0 Å². The van der Waals surface area contributed by atoms with Crippen LogP contribution in [0.15, 0.2) is 73.7 Å². The van der Waals surface area contributed by atoms with Crippen LogP contribution in [0.3, 0.4) is 0 Å². The molecule has 0 spiro atoms. The van der Waals surface area contributed by atoms with Gasteiger partial charge in [0.15, 0.2) is 0 Å². The third-order valence-corrected chi connectivity index (χ3v) is 6.69. The molecular weight excluding hydrogens is 499 g/mol. The van der Waals surface area contributed by atoms with Gasteiger partial charge in [-0.3, -0.25) is 0 Å². The van der Waals surface area contributed by atoms with Crippen LogP contribution in [0.5, 0.6) is 5.75 Å². The summed E-state index contributed by atoms with van der Waals surface area (Å²) < 4.78 is 22.8. The van der Waals surface area contributed by atoms with Gasteiger partial charge in [0.2, 0.25) is 5.79 Å². The highest BCUT2D eigenvalue weighted by Crippen LogP contribution is 2.40. The van der Waals surface area contributed by atoms with Crippen molar-refractivity contribution in [2.75, 3.05) is 13.2 Å². The molecule has 5 rings (SSSR count). The lowest BCUT2D eigenvalue weighted by atomic mass is 10.1. The number of imidazole rings is 2. The monoisotopic (exact) mass is 526 g/mol. The van der Waals surface area contributed by atoms with E-state index in [2.05, 4.69) is 27.7 Å². The molecule has 0 aliphatic carbocycles. The topological polar surface area (TPSA) is 63.3 Å². The largest absolute Gasteiger partial charge is 0.491 e.